The summed E-state index contributed by atoms with van der Waals surface area (Å²) in [6.07, 6.45) is -3.00. The molecule has 0 saturated carbocycles. The molecule has 106 valence electrons. The Morgan fingerprint density at radius 1 is 1.00 bits per heavy atom. The fourth-order valence-corrected chi connectivity index (χ4v) is 2.24. The Balaban J connectivity index is 2.41. The minimum Gasteiger partial charge on any atom is -0.314 e. The summed E-state index contributed by atoms with van der Waals surface area (Å²) in [5.41, 5.74) is -0.892. The fraction of sp³-hybridized carbons (Fsp3) is 0.500. The summed E-state index contributed by atoms with van der Waals surface area (Å²) in [6, 6.07) is -0.502. The first kappa shape index (κ1) is 14.2. The van der Waals surface area contributed by atoms with Crippen molar-refractivity contribution in [3.8, 4) is 0 Å². The summed E-state index contributed by atoms with van der Waals surface area (Å²) in [7, 11) is 0. The molecule has 1 heterocycles. The topological polar surface area (TPSA) is 15.3 Å². The lowest BCUT2D eigenvalue weighted by Crippen LogP contribution is -2.47. The zero-order chi connectivity index (χ0) is 14.0. The van der Waals surface area contributed by atoms with Crippen molar-refractivity contribution in [1.82, 2.24) is 10.2 Å². The van der Waals surface area contributed by atoms with Crippen molar-refractivity contribution in [1.29, 1.82) is 0 Å². The van der Waals surface area contributed by atoms with E-state index < -0.39 is 35.5 Å². The third-order valence-electron chi connectivity index (χ3n) is 3.16. The van der Waals surface area contributed by atoms with E-state index in [0.29, 0.717) is 25.2 Å². The lowest BCUT2D eigenvalue weighted by Gasteiger charge is -2.34. The summed E-state index contributed by atoms with van der Waals surface area (Å²) in [6.45, 7) is 1.35. The predicted molar refractivity (Wildman–Crippen MR) is 59.5 cm³/mol. The Labute approximate surface area is 107 Å². The van der Waals surface area contributed by atoms with Gasteiger partial charge in [-0.05, 0) is 12.1 Å². The van der Waals surface area contributed by atoms with Crippen molar-refractivity contribution < 1.29 is 22.0 Å². The molecule has 0 spiro atoms. The number of hydrogen-bond donors (Lipinski definition) is 1. The first-order chi connectivity index (χ1) is 9.02. The van der Waals surface area contributed by atoms with Gasteiger partial charge in [-0.1, -0.05) is 0 Å². The molecule has 1 fully saturated rings. The van der Waals surface area contributed by atoms with Crippen molar-refractivity contribution in [2.75, 3.05) is 26.2 Å². The molecule has 1 aromatic carbocycles. The summed E-state index contributed by atoms with van der Waals surface area (Å²) in [4.78, 5) is 1.27. The molecule has 7 heteroatoms. The molecule has 1 atom stereocenters. The molecule has 1 saturated heterocycles. The monoisotopic (exact) mass is 280 g/mol. The molecule has 0 amide bonds. The van der Waals surface area contributed by atoms with E-state index in [9.17, 15) is 22.0 Å². The number of hydrogen-bond acceptors (Lipinski definition) is 2. The molecule has 0 aromatic heterocycles. The molecule has 0 aliphatic carbocycles. The van der Waals surface area contributed by atoms with Crippen molar-refractivity contribution in [3.63, 3.8) is 0 Å². The molecule has 0 unspecified atom stereocenters. The minimum atomic E-state index is -3.00. The van der Waals surface area contributed by atoms with Gasteiger partial charge in [-0.25, -0.2) is 22.0 Å². The van der Waals surface area contributed by atoms with Gasteiger partial charge in [0.2, 0.25) is 0 Å². The normalized spacial score (nSPS) is 18.8. The van der Waals surface area contributed by atoms with E-state index in [1.165, 1.54) is 4.90 Å². The first-order valence-electron chi connectivity index (χ1n) is 5.88. The van der Waals surface area contributed by atoms with Gasteiger partial charge < -0.3 is 5.32 Å². The van der Waals surface area contributed by atoms with Crippen LogP contribution in [0.25, 0.3) is 0 Å². The predicted octanol–water partition coefficient (Wildman–Crippen LogP) is 2.32. The molecule has 1 aliphatic rings. The average Bonchev–Trinajstić information content (AvgIpc) is 2.39. The Morgan fingerprint density at radius 2 is 1.58 bits per heavy atom. The smallest absolute Gasteiger partial charge is 0.258 e. The van der Waals surface area contributed by atoms with Crippen LogP contribution in [0, 0.1) is 17.5 Å². The number of rotatable bonds is 3. The van der Waals surface area contributed by atoms with Crippen molar-refractivity contribution >= 4 is 0 Å². The van der Waals surface area contributed by atoms with Gasteiger partial charge in [0.15, 0.2) is 11.6 Å². The number of alkyl halides is 2. The van der Waals surface area contributed by atoms with Gasteiger partial charge in [0.25, 0.3) is 6.43 Å². The second-order valence-electron chi connectivity index (χ2n) is 4.32. The maximum absolute atomic E-state index is 13.6. The van der Waals surface area contributed by atoms with Crippen LogP contribution in [-0.2, 0) is 0 Å². The molecule has 19 heavy (non-hydrogen) atoms. The largest absolute Gasteiger partial charge is 0.314 e. The van der Waals surface area contributed by atoms with Gasteiger partial charge >= 0.3 is 0 Å². The van der Waals surface area contributed by atoms with Crippen LogP contribution >= 0.6 is 0 Å². The maximum Gasteiger partial charge on any atom is 0.258 e. The zero-order valence-electron chi connectivity index (χ0n) is 9.97. The lowest BCUT2D eigenvalue weighted by molar-refractivity contribution is 0.0142. The summed E-state index contributed by atoms with van der Waals surface area (Å²) < 4.78 is 66.7. The second kappa shape index (κ2) is 5.83. The van der Waals surface area contributed by atoms with Crippen LogP contribution in [-0.4, -0.2) is 37.5 Å². The van der Waals surface area contributed by atoms with Crippen LogP contribution in [0.2, 0.25) is 0 Å². The van der Waals surface area contributed by atoms with Gasteiger partial charge in [-0.3, -0.25) is 4.90 Å². The van der Waals surface area contributed by atoms with Gasteiger partial charge in [-0.15, -0.1) is 0 Å². The zero-order valence-corrected chi connectivity index (χ0v) is 9.97. The molecular formula is C12H13F5N2. The van der Waals surface area contributed by atoms with Crippen LogP contribution < -0.4 is 5.32 Å². The van der Waals surface area contributed by atoms with Gasteiger partial charge in [-0.2, -0.15) is 0 Å². The average molecular weight is 280 g/mol. The Morgan fingerprint density at radius 3 is 2.16 bits per heavy atom. The summed E-state index contributed by atoms with van der Waals surface area (Å²) >= 11 is 0. The second-order valence-corrected chi connectivity index (χ2v) is 4.32. The van der Waals surface area contributed by atoms with E-state index in [1.807, 2.05) is 0 Å². The Bertz CT molecular complexity index is 446. The van der Waals surface area contributed by atoms with Crippen LogP contribution in [0.3, 0.4) is 0 Å². The van der Waals surface area contributed by atoms with Crippen molar-refractivity contribution in [2.45, 2.75) is 12.5 Å². The number of nitrogens with one attached hydrogen (secondary N) is 1. The Kier molecular flexibility index (Phi) is 4.36. The van der Waals surface area contributed by atoms with Crippen molar-refractivity contribution in [2.24, 2.45) is 0 Å². The molecule has 2 nitrogen and oxygen atoms in total. The van der Waals surface area contributed by atoms with E-state index in [1.54, 1.807) is 0 Å². The maximum atomic E-state index is 13.6. The third kappa shape index (κ3) is 2.87. The van der Waals surface area contributed by atoms with E-state index in [2.05, 4.69) is 5.32 Å². The van der Waals surface area contributed by atoms with Gasteiger partial charge in [0.1, 0.15) is 11.9 Å². The SMILES string of the molecule is Fc1ccc(F)c([C@H](C(F)F)N2CCNCC2)c1F. The molecule has 0 radical (unpaired) electrons. The standard InChI is InChI=1S/C12H13F5N2/c13-7-1-2-8(14)10(15)9(7)11(12(16)17)19-5-3-18-4-6-19/h1-2,11-12,18H,3-6H2/t11-/m1/s1. The number of piperazine rings is 1. The first-order valence-corrected chi connectivity index (χ1v) is 5.88. The lowest BCUT2D eigenvalue weighted by atomic mass is 10.0. The Hall–Kier alpha value is -1.21. The quantitative estimate of drug-likeness (QED) is 0.675. The summed E-state index contributed by atoms with van der Waals surface area (Å²) in [5, 5.41) is 2.95. The number of nitrogens with zero attached hydrogens (tertiary/aromatic N) is 1. The van der Waals surface area contributed by atoms with Crippen LogP contribution in [0.5, 0.6) is 0 Å². The molecular weight excluding hydrogens is 267 g/mol. The highest BCUT2D eigenvalue weighted by Crippen LogP contribution is 2.32. The molecule has 0 bridgehead atoms. The number of halogens is 5. The minimum absolute atomic E-state index is 0.227. The third-order valence-corrected chi connectivity index (χ3v) is 3.16. The highest BCUT2D eigenvalue weighted by Gasteiger charge is 2.35. The van der Waals surface area contributed by atoms with E-state index in [-0.39, 0.29) is 13.1 Å². The molecule has 2 rings (SSSR count). The van der Waals surface area contributed by atoms with Crippen molar-refractivity contribution in [3.05, 3.63) is 35.1 Å². The van der Waals surface area contributed by atoms with Crippen LogP contribution in [0.15, 0.2) is 12.1 Å². The highest BCUT2D eigenvalue weighted by molar-refractivity contribution is 5.25. The van der Waals surface area contributed by atoms with E-state index in [4.69, 9.17) is 0 Å². The highest BCUT2D eigenvalue weighted by atomic mass is 19.3. The van der Waals surface area contributed by atoms with E-state index in [0.717, 1.165) is 0 Å². The van der Waals surface area contributed by atoms with Crippen LogP contribution in [0.1, 0.15) is 11.6 Å². The molecule has 1 aromatic rings. The fourth-order valence-electron chi connectivity index (χ4n) is 2.24. The molecule has 1 N–H and O–H groups in total. The van der Waals surface area contributed by atoms with Gasteiger partial charge in [0.05, 0.1) is 0 Å². The number of benzene rings is 1. The van der Waals surface area contributed by atoms with Gasteiger partial charge in [0, 0.05) is 31.7 Å². The molecule has 1 aliphatic heterocycles. The van der Waals surface area contributed by atoms with E-state index >= 15 is 0 Å². The summed E-state index contributed by atoms with van der Waals surface area (Å²) in [5.74, 6) is -4.01. The van der Waals surface area contributed by atoms with Crippen LogP contribution in [0.4, 0.5) is 22.0 Å².